The van der Waals surface area contributed by atoms with Gasteiger partial charge >= 0.3 is 5.97 Å². The molecule has 7 nitrogen and oxygen atoms in total. The molecule has 42 heavy (non-hydrogen) atoms. The van der Waals surface area contributed by atoms with Crippen LogP contribution >= 0.6 is 0 Å². The van der Waals surface area contributed by atoms with Crippen molar-refractivity contribution in [2.45, 2.75) is 44.9 Å². The average molecular weight is 578 g/mol. The Morgan fingerprint density at radius 3 is 2.52 bits per heavy atom. The van der Waals surface area contributed by atoms with Gasteiger partial charge in [0, 0.05) is 55.2 Å². The van der Waals surface area contributed by atoms with Gasteiger partial charge in [0.05, 0.1) is 36.4 Å². The van der Waals surface area contributed by atoms with E-state index < -0.39 is 11.9 Å². The van der Waals surface area contributed by atoms with Crippen LogP contribution < -0.4 is 0 Å². The third-order valence-electron chi connectivity index (χ3n) is 7.86. The Bertz CT molecular complexity index is 1780. The molecule has 0 saturated heterocycles. The molecule has 0 bridgehead atoms. The quantitative estimate of drug-likeness (QED) is 0.192. The summed E-state index contributed by atoms with van der Waals surface area (Å²) in [6, 6.07) is 16.7. The first-order chi connectivity index (χ1) is 20.2. The monoisotopic (exact) mass is 577 g/mol. The minimum atomic E-state index is -2.79. The van der Waals surface area contributed by atoms with Crippen LogP contribution in [0.5, 0.6) is 0 Å². The number of carboxylic acid groups (broad SMARTS) is 1. The van der Waals surface area contributed by atoms with Crippen molar-refractivity contribution in [2.24, 2.45) is 0 Å². The third kappa shape index (κ3) is 5.39. The summed E-state index contributed by atoms with van der Waals surface area (Å²) < 4.78 is 57.8. The lowest BCUT2D eigenvalue weighted by atomic mass is 9.92. The number of halogens is 3. The Morgan fingerprint density at radius 1 is 1.00 bits per heavy atom. The van der Waals surface area contributed by atoms with Crippen LogP contribution in [0.25, 0.3) is 33.3 Å². The Labute approximate surface area is 240 Å². The maximum absolute atomic E-state index is 14.7. The highest BCUT2D eigenvalue weighted by atomic mass is 19.3. The summed E-state index contributed by atoms with van der Waals surface area (Å²) in [7, 11) is 1.60. The molecule has 0 aliphatic heterocycles. The van der Waals surface area contributed by atoms with Crippen LogP contribution in [0.3, 0.4) is 0 Å². The Morgan fingerprint density at radius 2 is 1.76 bits per heavy atom. The van der Waals surface area contributed by atoms with Crippen molar-refractivity contribution >= 4 is 27.9 Å². The van der Waals surface area contributed by atoms with Crippen molar-refractivity contribution < 1.29 is 32.5 Å². The number of carbonyl (C=O) groups is 1. The molecule has 0 spiro atoms. The number of carboxylic acids is 1. The second-order valence-corrected chi connectivity index (χ2v) is 10.6. The van der Waals surface area contributed by atoms with Gasteiger partial charge in [0.25, 0.3) is 5.92 Å². The number of benzene rings is 3. The predicted octanol–water partition coefficient (Wildman–Crippen LogP) is 6.48. The molecule has 3 aromatic carbocycles. The molecular formula is C32H30F3N3O4. The number of methoxy groups -OCH3 is 1. The third-order valence-corrected chi connectivity index (χ3v) is 7.86. The van der Waals surface area contributed by atoms with Crippen LogP contribution in [0.2, 0.25) is 0 Å². The summed E-state index contributed by atoms with van der Waals surface area (Å²) in [5.41, 5.74) is 5.39. The van der Waals surface area contributed by atoms with Crippen molar-refractivity contribution in [1.82, 2.24) is 14.1 Å². The Kier molecular flexibility index (Phi) is 7.51. The number of alkyl halides is 2. The number of imidazole rings is 1. The maximum Gasteiger partial charge on any atom is 0.335 e. The molecule has 0 atom stereocenters. The first-order valence-corrected chi connectivity index (χ1v) is 13.8. The van der Waals surface area contributed by atoms with E-state index in [4.69, 9.17) is 14.5 Å². The largest absolute Gasteiger partial charge is 0.478 e. The van der Waals surface area contributed by atoms with Crippen LogP contribution in [0.1, 0.15) is 33.6 Å². The van der Waals surface area contributed by atoms with E-state index >= 15 is 0 Å². The van der Waals surface area contributed by atoms with Gasteiger partial charge in [0.1, 0.15) is 11.6 Å². The molecule has 0 fully saturated rings. The molecule has 0 amide bonds. The summed E-state index contributed by atoms with van der Waals surface area (Å²) in [6.45, 7) is 2.07. The van der Waals surface area contributed by atoms with E-state index in [0.717, 1.165) is 33.2 Å². The second-order valence-electron chi connectivity index (χ2n) is 10.6. The van der Waals surface area contributed by atoms with Gasteiger partial charge in [-0.05, 0) is 66.1 Å². The lowest BCUT2D eigenvalue weighted by Crippen LogP contribution is -2.26. The average Bonchev–Trinajstić information content (AvgIpc) is 3.48. The van der Waals surface area contributed by atoms with Crippen molar-refractivity contribution in [1.29, 1.82) is 0 Å². The molecule has 5 aromatic rings. The fourth-order valence-corrected chi connectivity index (χ4v) is 5.82. The number of rotatable bonds is 10. The highest BCUT2D eigenvalue weighted by molar-refractivity contribution is 5.94. The van der Waals surface area contributed by atoms with E-state index in [2.05, 4.69) is 4.57 Å². The number of ether oxygens (including phenoxy) is 2. The Hall–Kier alpha value is -4.15. The van der Waals surface area contributed by atoms with E-state index in [1.165, 1.54) is 18.2 Å². The van der Waals surface area contributed by atoms with Gasteiger partial charge in [0.15, 0.2) is 0 Å². The highest BCUT2D eigenvalue weighted by Gasteiger charge is 2.37. The summed E-state index contributed by atoms with van der Waals surface area (Å²) >= 11 is 0. The van der Waals surface area contributed by atoms with E-state index in [1.807, 2.05) is 22.8 Å². The van der Waals surface area contributed by atoms with Crippen molar-refractivity contribution in [2.75, 3.05) is 20.3 Å². The summed E-state index contributed by atoms with van der Waals surface area (Å²) in [5.74, 6) is -3.53. The fraction of sp³-hybridized carbons (Fsp3) is 0.312. The normalized spacial score (nSPS) is 14.5. The van der Waals surface area contributed by atoms with Gasteiger partial charge in [-0.25, -0.2) is 22.9 Å². The molecule has 6 rings (SSSR count). The molecule has 2 aromatic heterocycles. The van der Waals surface area contributed by atoms with Crippen LogP contribution in [-0.2, 0) is 42.0 Å². The molecule has 10 heteroatoms. The predicted molar refractivity (Wildman–Crippen MR) is 153 cm³/mol. The zero-order valence-electron chi connectivity index (χ0n) is 23.1. The SMILES string of the molecule is COCCn1c(-c2ccc3c(c2)c2c(n3CCOCc3ccc(F)cc3)CCC(F)(F)C2)nc2cc(C(=O)O)ccc21. The van der Waals surface area contributed by atoms with Gasteiger partial charge < -0.3 is 23.7 Å². The van der Waals surface area contributed by atoms with E-state index in [9.17, 15) is 23.1 Å². The number of aromatic carboxylic acids is 1. The first-order valence-electron chi connectivity index (χ1n) is 13.8. The lowest BCUT2D eigenvalue weighted by Gasteiger charge is -2.23. The number of hydrogen-bond acceptors (Lipinski definition) is 4. The van der Waals surface area contributed by atoms with Gasteiger partial charge in [-0.2, -0.15) is 0 Å². The number of fused-ring (bicyclic) bond motifs is 4. The maximum atomic E-state index is 14.7. The molecule has 218 valence electrons. The van der Waals surface area contributed by atoms with Crippen molar-refractivity contribution in [3.8, 4) is 11.4 Å². The summed E-state index contributed by atoms with van der Waals surface area (Å²) in [6.07, 6.45) is -0.291. The topological polar surface area (TPSA) is 78.5 Å². The minimum Gasteiger partial charge on any atom is -0.478 e. The zero-order valence-corrected chi connectivity index (χ0v) is 23.1. The first kappa shape index (κ1) is 28.0. The smallest absolute Gasteiger partial charge is 0.335 e. The molecule has 0 saturated carbocycles. The standard InChI is InChI=1S/C32H30F3N3O4/c1-41-14-12-38-29-9-5-22(31(39)40)17-26(29)36-30(38)21-4-8-27-24(16-21)25-18-32(34,35)11-10-28(25)37(27)13-15-42-19-20-2-6-23(33)7-3-20/h2-9,16-17H,10-15,18-19H2,1H3,(H,39,40). The molecule has 1 aliphatic rings. The van der Waals surface area contributed by atoms with Gasteiger partial charge in [-0.15, -0.1) is 0 Å². The lowest BCUT2D eigenvalue weighted by molar-refractivity contribution is -0.0126. The summed E-state index contributed by atoms with van der Waals surface area (Å²) in [4.78, 5) is 16.3. The molecule has 0 radical (unpaired) electrons. The fourth-order valence-electron chi connectivity index (χ4n) is 5.82. The minimum absolute atomic E-state index is 0.135. The zero-order chi connectivity index (χ0) is 29.4. The van der Waals surface area contributed by atoms with Crippen LogP contribution in [0.15, 0.2) is 60.7 Å². The van der Waals surface area contributed by atoms with Crippen LogP contribution in [-0.4, -0.2) is 51.4 Å². The highest BCUT2D eigenvalue weighted by Crippen LogP contribution is 2.40. The van der Waals surface area contributed by atoms with Gasteiger partial charge in [-0.1, -0.05) is 12.1 Å². The van der Waals surface area contributed by atoms with E-state index in [0.29, 0.717) is 49.8 Å². The van der Waals surface area contributed by atoms with Gasteiger partial charge in [-0.3, -0.25) is 0 Å². The van der Waals surface area contributed by atoms with E-state index in [1.54, 1.807) is 31.4 Å². The van der Waals surface area contributed by atoms with Crippen molar-refractivity contribution in [3.63, 3.8) is 0 Å². The number of nitrogens with zero attached hydrogens (tertiary/aromatic N) is 3. The number of hydrogen-bond donors (Lipinski definition) is 1. The molecule has 0 unspecified atom stereocenters. The number of aromatic nitrogens is 3. The summed E-state index contributed by atoms with van der Waals surface area (Å²) in [5, 5.41) is 10.2. The molecule has 1 aliphatic carbocycles. The van der Waals surface area contributed by atoms with Crippen molar-refractivity contribution in [3.05, 3.63) is 88.9 Å². The van der Waals surface area contributed by atoms with Gasteiger partial charge in [0.2, 0.25) is 0 Å². The van der Waals surface area contributed by atoms with E-state index in [-0.39, 0.29) is 30.6 Å². The molecule has 1 N–H and O–H groups in total. The molecule has 2 heterocycles. The second kappa shape index (κ2) is 11.3. The molecular weight excluding hydrogens is 547 g/mol. The van der Waals surface area contributed by atoms with Crippen LogP contribution in [0, 0.1) is 5.82 Å². The van der Waals surface area contributed by atoms with Crippen LogP contribution in [0.4, 0.5) is 13.2 Å². The Balaban J connectivity index is 1.37.